The zero-order valence-electron chi connectivity index (χ0n) is 8.04. The lowest BCUT2D eigenvalue weighted by atomic mass is 10.3. The number of ether oxygens (including phenoxy) is 1. The molecule has 2 rings (SSSR count). The molecule has 6 nitrogen and oxygen atoms in total. The van der Waals surface area contributed by atoms with Gasteiger partial charge in [0, 0.05) is 0 Å². The summed E-state index contributed by atoms with van der Waals surface area (Å²) in [7, 11) is 0. The highest BCUT2D eigenvalue weighted by molar-refractivity contribution is 5.95. The number of nitrogens with zero attached hydrogens (tertiary/aromatic N) is 3. The van der Waals surface area contributed by atoms with Crippen molar-refractivity contribution in [1.29, 1.82) is 0 Å². The minimum absolute atomic E-state index is 0.0130. The van der Waals surface area contributed by atoms with Gasteiger partial charge in [0.25, 0.3) is 0 Å². The van der Waals surface area contributed by atoms with Crippen LogP contribution in [0.25, 0.3) is 5.65 Å². The summed E-state index contributed by atoms with van der Waals surface area (Å²) < 4.78 is 6.15. The van der Waals surface area contributed by atoms with Gasteiger partial charge in [-0.3, -0.25) is 0 Å². The van der Waals surface area contributed by atoms with Gasteiger partial charge in [-0.05, 0) is 6.92 Å². The Morgan fingerprint density at radius 3 is 3.13 bits per heavy atom. The first-order chi connectivity index (χ1) is 7.22. The predicted octanol–water partition coefficient (Wildman–Crippen LogP) is 0.612. The van der Waals surface area contributed by atoms with Crippen molar-refractivity contribution in [2.24, 2.45) is 0 Å². The Balaban J connectivity index is 2.49. The van der Waals surface area contributed by atoms with Gasteiger partial charge < -0.3 is 9.84 Å². The third kappa shape index (κ3) is 1.61. The van der Waals surface area contributed by atoms with Crippen LogP contribution in [0, 0.1) is 0 Å². The molecule has 0 aromatic carbocycles. The van der Waals surface area contributed by atoms with Crippen molar-refractivity contribution < 1.29 is 14.6 Å². The molecule has 78 valence electrons. The van der Waals surface area contributed by atoms with E-state index in [0.29, 0.717) is 12.3 Å². The Labute approximate surface area is 85.1 Å². The van der Waals surface area contributed by atoms with Crippen LogP contribution in [-0.4, -0.2) is 32.3 Å². The molecule has 0 atom stereocenters. The van der Waals surface area contributed by atoms with Crippen LogP contribution in [0.2, 0.25) is 0 Å². The van der Waals surface area contributed by atoms with Crippen molar-refractivity contribution in [2.45, 2.75) is 6.92 Å². The van der Waals surface area contributed by atoms with E-state index in [0.717, 1.165) is 0 Å². The largest absolute Gasteiger partial charge is 0.505 e. The maximum absolute atomic E-state index is 11.4. The molecule has 0 saturated heterocycles. The molecule has 0 amide bonds. The second-order valence-corrected chi connectivity index (χ2v) is 2.86. The van der Waals surface area contributed by atoms with E-state index in [1.54, 1.807) is 6.92 Å². The van der Waals surface area contributed by atoms with Gasteiger partial charge in [-0.2, -0.15) is 5.10 Å². The SMILES string of the molecule is CCOC(=O)c1cnn2cc(O)cnc12. The number of carbonyl (C=O) groups excluding carboxylic acids is 1. The standard InChI is InChI=1S/C9H9N3O3/c1-2-15-9(14)7-4-11-12-5-6(13)3-10-8(7)12/h3-5,13H,2H2,1H3. The highest BCUT2D eigenvalue weighted by Crippen LogP contribution is 2.12. The molecule has 0 aliphatic heterocycles. The summed E-state index contributed by atoms with van der Waals surface area (Å²) in [6, 6.07) is 0. The summed E-state index contributed by atoms with van der Waals surface area (Å²) in [6.07, 6.45) is 3.98. The molecule has 0 bridgehead atoms. The first-order valence-electron chi connectivity index (χ1n) is 4.42. The van der Waals surface area contributed by atoms with Crippen molar-refractivity contribution in [2.75, 3.05) is 6.61 Å². The number of hydrogen-bond acceptors (Lipinski definition) is 5. The van der Waals surface area contributed by atoms with Gasteiger partial charge in [-0.15, -0.1) is 0 Å². The van der Waals surface area contributed by atoms with E-state index in [1.807, 2.05) is 0 Å². The van der Waals surface area contributed by atoms with E-state index in [9.17, 15) is 4.79 Å². The fourth-order valence-corrected chi connectivity index (χ4v) is 1.22. The van der Waals surface area contributed by atoms with Crippen molar-refractivity contribution in [1.82, 2.24) is 14.6 Å². The summed E-state index contributed by atoms with van der Waals surface area (Å²) in [5, 5.41) is 13.0. The lowest BCUT2D eigenvalue weighted by Gasteiger charge is -1.98. The van der Waals surface area contributed by atoms with E-state index >= 15 is 0 Å². The number of esters is 1. The molecule has 6 heteroatoms. The van der Waals surface area contributed by atoms with E-state index in [4.69, 9.17) is 9.84 Å². The molecule has 2 aromatic heterocycles. The second-order valence-electron chi connectivity index (χ2n) is 2.86. The molecule has 0 aliphatic carbocycles. The van der Waals surface area contributed by atoms with Crippen LogP contribution >= 0.6 is 0 Å². The minimum Gasteiger partial charge on any atom is -0.505 e. The van der Waals surface area contributed by atoms with Crippen molar-refractivity contribution in [3.8, 4) is 5.75 Å². The molecule has 2 aromatic rings. The third-order valence-corrected chi connectivity index (χ3v) is 1.84. The van der Waals surface area contributed by atoms with Crippen molar-refractivity contribution in [3.05, 3.63) is 24.2 Å². The number of rotatable bonds is 2. The van der Waals surface area contributed by atoms with E-state index < -0.39 is 5.97 Å². The van der Waals surface area contributed by atoms with Crippen LogP contribution in [0.5, 0.6) is 5.75 Å². The fourth-order valence-electron chi connectivity index (χ4n) is 1.22. The summed E-state index contributed by atoms with van der Waals surface area (Å²) >= 11 is 0. The molecular formula is C9H9N3O3. The first kappa shape index (κ1) is 9.45. The molecule has 2 heterocycles. The van der Waals surface area contributed by atoms with Crippen molar-refractivity contribution in [3.63, 3.8) is 0 Å². The number of fused-ring (bicyclic) bond motifs is 1. The molecule has 0 unspecified atom stereocenters. The predicted molar refractivity (Wildman–Crippen MR) is 50.6 cm³/mol. The van der Waals surface area contributed by atoms with Gasteiger partial charge in [0.1, 0.15) is 5.56 Å². The Bertz CT molecular complexity index is 506. The number of carbonyl (C=O) groups is 1. The molecule has 0 radical (unpaired) electrons. The van der Waals surface area contributed by atoms with Gasteiger partial charge in [0.2, 0.25) is 0 Å². The van der Waals surface area contributed by atoms with Crippen LogP contribution in [0.15, 0.2) is 18.6 Å². The average molecular weight is 207 g/mol. The van der Waals surface area contributed by atoms with E-state index in [2.05, 4.69) is 10.1 Å². The van der Waals surface area contributed by atoms with Gasteiger partial charge in [0.05, 0.1) is 25.2 Å². The molecule has 0 spiro atoms. The number of aromatic hydroxyl groups is 1. The Kier molecular flexibility index (Phi) is 2.24. The van der Waals surface area contributed by atoms with Crippen LogP contribution in [-0.2, 0) is 4.74 Å². The lowest BCUT2D eigenvalue weighted by molar-refractivity contribution is 0.0528. The molecule has 1 N–H and O–H groups in total. The number of hydrogen-bond donors (Lipinski definition) is 1. The minimum atomic E-state index is -0.467. The van der Waals surface area contributed by atoms with E-state index in [1.165, 1.54) is 23.1 Å². The second kappa shape index (κ2) is 3.56. The smallest absolute Gasteiger partial charge is 0.343 e. The summed E-state index contributed by atoms with van der Waals surface area (Å²) in [6.45, 7) is 2.02. The van der Waals surface area contributed by atoms with Gasteiger partial charge >= 0.3 is 5.97 Å². The number of aromatic nitrogens is 3. The van der Waals surface area contributed by atoms with Crippen LogP contribution in [0.3, 0.4) is 0 Å². The zero-order chi connectivity index (χ0) is 10.8. The third-order valence-electron chi connectivity index (χ3n) is 1.84. The highest BCUT2D eigenvalue weighted by Gasteiger charge is 2.14. The topological polar surface area (TPSA) is 76.7 Å². The van der Waals surface area contributed by atoms with E-state index in [-0.39, 0.29) is 11.3 Å². The van der Waals surface area contributed by atoms with Gasteiger partial charge in [-0.25, -0.2) is 14.3 Å². The van der Waals surface area contributed by atoms with Crippen LogP contribution in [0.1, 0.15) is 17.3 Å². The van der Waals surface area contributed by atoms with Crippen LogP contribution < -0.4 is 0 Å². The average Bonchev–Trinajstić information content (AvgIpc) is 2.60. The quantitative estimate of drug-likeness (QED) is 0.730. The monoisotopic (exact) mass is 207 g/mol. The zero-order valence-corrected chi connectivity index (χ0v) is 8.04. The van der Waals surface area contributed by atoms with Gasteiger partial charge in [0.15, 0.2) is 11.4 Å². The Morgan fingerprint density at radius 2 is 2.40 bits per heavy atom. The molecule has 0 aliphatic rings. The maximum Gasteiger partial charge on any atom is 0.343 e. The normalized spacial score (nSPS) is 10.5. The van der Waals surface area contributed by atoms with Crippen LogP contribution in [0.4, 0.5) is 0 Å². The first-order valence-corrected chi connectivity index (χ1v) is 4.42. The summed E-state index contributed by atoms with van der Waals surface area (Å²) in [5.74, 6) is -0.480. The molecule has 15 heavy (non-hydrogen) atoms. The fraction of sp³-hybridized carbons (Fsp3) is 0.222. The Morgan fingerprint density at radius 1 is 1.60 bits per heavy atom. The lowest BCUT2D eigenvalue weighted by Crippen LogP contribution is -2.04. The summed E-state index contributed by atoms with van der Waals surface area (Å²) in [4.78, 5) is 15.3. The van der Waals surface area contributed by atoms with Gasteiger partial charge in [-0.1, -0.05) is 0 Å². The Hall–Kier alpha value is -2.11. The molecule has 0 fully saturated rings. The highest BCUT2D eigenvalue weighted by atomic mass is 16.5. The van der Waals surface area contributed by atoms with Crippen molar-refractivity contribution >= 4 is 11.6 Å². The maximum atomic E-state index is 11.4. The molecular weight excluding hydrogens is 198 g/mol. The molecule has 0 saturated carbocycles. The summed E-state index contributed by atoms with van der Waals surface area (Å²) in [5.41, 5.74) is 0.656.